The van der Waals surface area contributed by atoms with Gasteiger partial charge < -0.3 is 9.47 Å². The van der Waals surface area contributed by atoms with Crippen molar-refractivity contribution in [3.63, 3.8) is 0 Å². The third-order valence-electron chi connectivity index (χ3n) is 2.69. The Kier molecular flexibility index (Phi) is 4.90. The summed E-state index contributed by atoms with van der Waals surface area (Å²) in [6, 6.07) is 0. The highest BCUT2D eigenvalue weighted by Crippen LogP contribution is 2.16. The summed E-state index contributed by atoms with van der Waals surface area (Å²) in [5.74, 6) is 0.518. The molecule has 1 saturated heterocycles. The maximum absolute atomic E-state index is 11.0. The number of nitrogens with zero attached hydrogens (tertiary/aromatic N) is 1. The van der Waals surface area contributed by atoms with Crippen LogP contribution in [0.4, 0.5) is 0 Å². The number of hydrogen-bond donors (Lipinski definition) is 0. The number of ether oxygens (including phenoxy) is 2. The highest BCUT2D eigenvalue weighted by Gasteiger charge is 2.20. The first-order chi connectivity index (χ1) is 6.76. The van der Waals surface area contributed by atoms with E-state index in [-0.39, 0.29) is 5.97 Å². The zero-order valence-corrected chi connectivity index (χ0v) is 8.99. The molecule has 0 aromatic heterocycles. The van der Waals surface area contributed by atoms with Gasteiger partial charge in [-0.25, -0.2) is 0 Å². The van der Waals surface area contributed by atoms with Crippen molar-refractivity contribution in [2.75, 3.05) is 40.5 Å². The molecule has 0 atom stereocenters. The Balaban J connectivity index is 2.18. The second kappa shape index (κ2) is 5.98. The summed E-state index contributed by atoms with van der Waals surface area (Å²) in [6.45, 7) is 3.22. The van der Waals surface area contributed by atoms with E-state index in [1.165, 1.54) is 7.11 Å². The molecule has 4 heteroatoms. The standard InChI is InChI=1S/C10H19NO3/c1-13-8-9-3-5-11(6-4-9)7-10(12)14-2/h9H,3-8H2,1-2H3. The van der Waals surface area contributed by atoms with Gasteiger partial charge in [0.15, 0.2) is 0 Å². The van der Waals surface area contributed by atoms with Crippen LogP contribution >= 0.6 is 0 Å². The zero-order valence-electron chi connectivity index (χ0n) is 8.99. The Labute approximate surface area is 85.2 Å². The van der Waals surface area contributed by atoms with Crippen molar-refractivity contribution in [3.8, 4) is 0 Å². The average molecular weight is 201 g/mol. The molecule has 1 fully saturated rings. The second-order valence-corrected chi connectivity index (χ2v) is 3.75. The SMILES string of the molecule is COCC1CCN(CC(=O)OC)CC1. The number of methoxy groups -OCH3 is 2. The first-order valence-electron chi connectivity index (χ1n) is 5.04. The average Bonchev–Trinajstić information content (AvgIpc) is 2.21. The van der Waals surface area contributed by atoms with Crippen molar-refractivity contribution in [3.05, 3.63) is 0 Å². The fourth-order valence-electron chi connectivity index (χ4n) is 1.79. The summed E-state index contributed by atoms with van der Waals surface area (Å²) in [5.41, 5.74) is 0. The molecule has 1 rings (SSSR count). The predicted molar refractivity (Wildman–Crippen MR) is 53.1 cm³/mol. The lowest BCUT2D eigenvalue weighted by Gasteiger charge is -2.30. The molecule has 0 spiro atoms. The normalized spacial score (nSPS) is 19.6. The molecule has 0 saturated carbocycles. The maximum atomic E-state index is 11.0. The van der Waals surface area contributed by atoms with Crippen LogP contribution in [0.15, 0.2) is 0 Å². The molecule has 0 aliphatic carbocycles. The smallest absolute Gasteiger partial charge is 0.319 e. The van der Waals surface area contributed by atoms with E-state index in [1.54, 1.807) is 7.11 Å². The molecular weight excluding hydrogens is 182 g/mol. The number of likely N-dealkylation sites (tertiary alicyclic amines) is 1. The number of piperidine rings is 1. The Morgan fingerprint density at radius 1 is 1.36 bits per heavy atom. The molecule has 0 N–H and O–H groups in total. The van der Waals surface area contributed by atoms with Crippen LogP contribution in [0.1, 0.15) is 12.8 Å². The van der Waals surface area contributed by atoms with E-state index in [0.717, 1.165) is 32.5 Å². The lowest BCUT2D eigenvalue weighted by Crippen LogP contribution is -2.38. The number of carbonyl (C=O) groups excluding carboxylic acids is 1. The molecule has 0 radical (unpaired) electrons. The molecule has 4 nitrogen and oxygen atoms in total. The van der Waals surface area contributed by atoms with Crippen LogP contribution in [0.2, 0.25) is 0 Å². The molecule has 0 aromatic rings. The molecule has 0 amide bonds. The molecule has 0 aromatic carbocycles. The molecule has 1 aliphatic rings. The van der Waals surface area contributed by atoms with Gasteiger partial charge in [0.25, 0.3) is 0 Å². The molecule has 0 unspecified atom stereocenters. The van der Waals surface area contributed by atoms with Gasteiger partial charge in [-0.15, -0.1) is 0 Å². The van der Waals surface area contributed by atoms with Crippen LogP contribution in [0.5, 0.6) is 0 Å². The van der Waals surface area contributed by atoms with E-state index in [4.69, 9.17) is 4.74 Å². The first kappa shape index (κ1) is 11.5. The van der Waals surface area contributed by atoms with Gasteiger partial charge in [-0.2, -0.15) is 0 Å². The van der Waals surface area contributed by atoms with Gasteiger partial charge in [-0.3, -0.25) is 9.69 Å². The van der Waals surface area contributed by atoms with E-state index in [2.05, 4.69) is 9.64 Å². The molecule has 0 bridgehead atoms. The fourth-order valence-corrected chi connectivity index (χ4v) is 1.79. The van der Waals surface area contributed by atoms with E-state index in [0.29, 0.717) is 12.5 Å². The minimum Gasteiger partial charge on any atom is -0.468 e. The number of esters is 1. The number of rotatable bonds is 4. The lowest BCUT2D eigenvalue weighted by atomic mass is 9.98. The molecule has 1 aliphatic heterocycles. The first-order valence-corrected chi connectivity index (χ1v) is 5.04. The summed E-state index contributed by atoms with van der Waals surface area (Å²) in [7, 11) is 3.17. The third kappa shape index (κ3) is 3.64. The van der Waals surface area contributed by atoms with Crippen LogP contribution < -0.4 is 0 Å². The second-order valence-electron chi connectivity index (χ2n) is 3.75. The van der Waals surface area contributed by atoms with Crippen molar-refractivity contribution < 1.29 is 14.3 Å². The van der Waals surface area contributed by atoms with Crippen LogP contribution in [0.3, 0.4) is 0 Å². The van der Waals surface area contributed by atoms with E-state index < -0.39 is 0 Å². The van der Waals surface area contributed by atoms with Crippen molar-refractivity contribution in [1.29, 1.82) is 0 Å². The molecule has 1 heterocycles. The zero-order chi connectivity index (χ0) is 10.4. The van der Waals surface area contributed by atoms with Gasteiger partial charge in [0.1, 0.15) is 0 Å². The van der Waals surface area contributed by atoms with Crippen molar-refractivity contribution >= 4 is 5.97 Å². The van der Waals surface area contributed by atoms with Crippen LogP contribution in [0.25, 0.3) is 0 Å². The highest BCUT2D eigenvalue weighted by molar-refractivity contribution is 5.71. The van der Waals surface area contributed by atoms with Gasteiger partial charge in [0, 0.05) is 13.7 Å². The van der Waals surface area contributed by atoms with Crippen LogP contribution in [0, 0.1) is 5.92 Å². The monoisotopic (exact) mass is 201 g/mol. The van der Waals surface area contributed by atoms with Gasteiger partial charge in [-0.1, -0.05) is 0 Å². The summed E-state index contributed by atoms with van der Waals surface area (Å²) in [4.78, 5) is 13.1. The van der Waals surface area contributed by atoms with Gasteiger partial charge in [-0.05, 0) is 31.8 Å². The van der Waals surface area contributed by atoms with E-state index >= 15 is 0 Å². The summed E-state index contributed by atoms with van der Waals surface area (Å²) in [6.07, 6.45) is 2.23. The van der Waals surface area contributed by atoms with Gasteiger partial charge >= 0.3 is 5.97 Å². The number of hydrogen-bond acceptors (Lipinski definition) is 4. The topological polar surface area (TPSA) is 38.8 Å². The Hall–Kier alpha value is -0.610. The maximum Gasteiger partial charge on any atom is 0.319 e. The fraction of sp³-hybridized carbons (Fsp3) is 0.900. The molecule has 82 valence electrons. The van der Waals surface area contributed by atoms with E-state index in [1.807, 2.05) is 0 Å². The molecule has 14 heavy (non-hydrogen) atoms. The van der Waals surface area contributed by atoms with E-state index in [9.17, 15) is 4.79 Å². The highest BCUT2D eigenvalue weighted by atomic mass is 16.5. The minimum atomic E-state index is -0.143. The minimum absolute atomic E-state index is 0.143. The van der Waals surface area contributed by atoms with Gasteiger partial charge in [0.05, 0.1) is 13.7 Å². The summed E-state index contributed by atoms with van der Waals surface area (Å²) >= 11 is 0. The Morgan fingerprint density at radius 3 is 2.50 bits per heavy atom. The quantitative estimate of drug-likeness (QED) is 0.621. The van der Waals surface area contributed by atoms with Crippen molar-refractivity contribution in [2.45, 2.75) is 12.8 Å². The number of carbonyl (C=O) groups is 1. The summed E-state index contributed by atoms with van der Waals surface area (Å²) < 4.78 is 9.73. The van der Waals surface area contributed by atoms with Crippen molar-refractivity contribution in [1.82, 2.24) is 4.90 Å². The van der Waals surface area contributed by atoms with Crippen LogP contribution in [-0.4, -0.2) is 51.3 Å². The third-order valence-corrected chi connectivity index (χ3v) is 2.69. The largest absolute Gasteiger partial charge is 0.468 e. The Bertz CT molecular complexity index is 176. The van der Waals surface area contributed by atoms with Gasteiger partial charge in [0.2, 0.25) is 0 Å². The predicted octanol–water partition coefficient (Wildman–Crippen LogP) is 0.518. The molecular formula is C10H19NO3. The summed E-state index contributed by atoms with van der Waals surface area (Å²) in [5, 5.41) is 0. The Morgan fingerprint density at radius 2 is 2.00 bits per heavy atom. The lowest BCUT2D eigenvalue weighted by molar-refractivity contribution is -0.142. The van der Waals surface area contributed by atoms with Crippen molar-refractivity contribution in [2.24, 2.45) is 5.92 Å². The van der Waals surface area contributed by atoms with Crippen LogP contribution in [-0.2, 0) is 14.3 Å².